The number of nitrogens with one attached hydrogen (secondary N) is 1. The molecule has 112 valence electrons. The van der Waals surface area contributed by atoms with Gasteiger partial charge in [0.1, 0.15) is 5.75 Å². The number of halogens is 3. The molecule has 0 aliphatic rings. The Morgan fingerprint density at radius 3 is 2.48 bits per heavy atom. The van der Waals surface area contributed by atoms with Gasteiger partial charge in [-0.25, -0.2) is 0 Å². The van der Waals surface area contributed by atoms with E-state index in [1.807, 2.05) is 0 Å². The molecular weight excluding hydrogens is 283 g/mol. The Morgan fingerprint density at radius 1 is 1.14 bits per heavy atom. The number of pyridine rings is 1. The molecule has 0 aliphatic carbocycles. The van der Waals surface area contributed by atoms with E-state index in [2.05, 4.69) is 15.1 Å². The number of benzene rings is 1. The maximum Gasteiger partial charge on any atom is 0.573 e. The maximum absolute atomic E-state index is 12.4. The van der Waals surface area contributed by atoms with Crippen LogP contribution in [-0.2, 0) is 6.42 Å². The molecule has 0 fully saturated rings. The molecule has 1 heterocycles. The van der Waals surface area contributed by atoms with Crippen molar-refractivity contribution >= 4 is 0 Å². The number of nitrogens with two attached hydrogens (primary N) is 1. The first-order chi connectivity index (χ1) is 9.99. The molecule has 2 aromatic rings. The Labute approximate surface area is 119 Å². The van der Waals surface area contributed by atoms with Crippen molar-refractivity contribution in [2.24, 2.45) is 5.84 Å². The summed E-state index contributed by atoms with van der Waals surface area (Å²) in [5.41, 5.74) is 3.54. The normalized spacial score (nSPS) is 13.0. The van der Waals surface area contributed by atoms with Gasteiger partial charge in [0.05, 0.1) is 6.04 Å². The zero-order valence-corrected chi connectivity index (χ0v) is 11.0. The average Bonchev–Trinajstić information content (AvgIpc) is 2.45. The summed E-state index contributed by atoms with van der Waals surface area (Å²) in [7, 11) is 0. The summed E-state index contributed by atoms with van der Waals surface area (Å²) in [6, 6.07) is 10.7. The summed E-state index contributed by atoms with van der Waals surface area (Å²) in [6.07, 6.45) is -2.79. The van der Waals surface area contributed by atoms with Crippen molar-refractivity contribution in [3.63, 3.8) is 0 Å². The van der Waals surface area contributed by atoms with Crippen molar-refractivity contribution in [2.75, 3.05) is 0 Å². The van der Waals surface area contributed by atoms with Crippen molar-refractivity contribution in [1.29, 1.82) is 0 Å². The lowest BCUT2D eigenvalue weighted by atomic mass is 10.0. The maximum atomic E-state index is 12.4. The standard InChI is InChI=1S/C14H14F3N3O/c15-14(16,17)21-13-7-2-1-6-11(13)12(20-18)9-10-5-3-4-8-19-10/h1-8,12,20H,9,18H2. The van der Waals surface area contributed by atoms with Crippen LogP contribution in [0.4, 0.5) is 13.2 Å². The van der Waals surface area contributed by atoms with Crippen LogP contribution in [0.1, 0.15) is 17.3 Å². The third-order valence-electron chi connectivity index (χ3n) is 2.86. The zero-order chi connectivity index (χ0) is 15.3. The van der Waals surface area contributed by atoms with Crippen LogP contribution in [0, 0.1) is 0 Å². The number of ether oxygens (including phenoxy) is 1. The minimum absolute atomic E-state index is 0.274. The van der Waals surface area contributed by atoms with Gasteiger partial charge in [0.2, 0.25) is 0 Å². The molecule has 0 spiro atoms. The molecule has 0 bridgehead atoms. The summed E-state index contributed by atoms with van der Waals surface area (Å²) < 4.78 is 41.3. The van der Waals surface area contributed by atoms with Crippen LogP contribution < -0.4 is 16.0 Å². The number of alkyl halides is 3. The highest BCUT2D eigenvalue weighted by atomic mass is 19.4. The number of hydrazine groups is 1. The van der Waals surface area contributed by atoms with Crippen LogP contribution in [0.3, 0.4) is 0 Å². The molecule has 3 N–H and O–H groups in total. The molecule has 0 saturated carbocycles. The lowest BCUT2D eigenvalue weighted by Crippen LogP contribution is -2.31. The van der Waals surface area contributed by atoms with Gasteiger partial charge in [-0.15, -0.1) is 13.2 Å². The Morgan fingerprint density at radius 2 is 1.86 bits per heavy atom. The fourth-order valence-electron chi connectivity index (χ4n) is 1.97. The molecule has 7 heteroatoms. The van der Waals surface area contributed by atoms with Crippen LogP contribution in [0.25, 0.3) is 0 Å². The highest BCUT2D eigenvalue weighted by Crippen LogP contribution is 2.31. The second kappa shape index (κ2) is 6.55. The molecule has 0 aliphatic heterocycles. The van der Waals surface area contributed by atoms with Gasteiger partial charge in [0.15, 0.2) is 0 Å². The van der Waals surface area contributed by atoms with E-state index in [1.54, 1.807) is 30.5 Å². The van der Waals surface area contributed by atoms with Gasteiger partial charge >= 0.3 is 6.36 Å². The van der Waals surface area contributed by atoms with Crippen molar-refractivity contribution in [2.45, 2.75) is 18.8 Å². The largest absolute Gasteiger partial charge is 0.573 e. The minimum atomic E-state index is -4.75. The molecule has 1 unspecified atom stereocenters. The van der Waals surface area contributed by atoms with Crippen molar-refractivity contribution < 1.29 is 17.9 Å². The van der Waals surface area contributed by atoms with Gasteiger partial charge in [-0.3, -0.25) is 16.3 Å². The lowest BCUT2D eigenvalue weighted by molar-refractivity contribution is -0.275. The van der Waals surface area contributed by atoms with Gasteiger partial charge in [-0.1, -0.05) is 24.3 Å². The number of nitrogens with zero attached hydrogens (tertiary/aromatic N) is 1. The Hall–Kier alpha value is -2.12. The average molecular weight is 297 g/mol. The Bertz CT molecular complexity index is 575. The summed E-state index contributed by atoms with van der Waals surface area (Å²) >= 11 is 0. The van der Waals surface area contributed by atoms with E-state index in [4.69, 9.17) is 5.84 Å². The van der Waals surface area contributed by atoms with Crippen LogP contribution in [0.5, 0.6) is 5.75 Å². The van der Waals surface area contributed by atoms with E-state index in [0.717, 1.165) is 0 Å². The molecule has 0 amide bonds. The molecular formula is C14H14F3N3O. The van der Waals surface area contributed by atoms with Gasteiger partial charge in [0.25, 0.3) is 0 Å². The first kappa shape index (κ1) is 15.3. The molecule has 21 heavy (non-hydrogen) atoms. The molecule has 2 rings (SSSR count). The predicted molar refractivity (Wildman–Crippen MR) is 71.1 cm³/mol. The zero-order valence-electron chi connectivity index (χ0n) is 11.0. The summed E-state index contributed by atoms with van der Waals surface area (Å²) in [6.45, 7) is 0. The molecule has 1 aromatic heterocycles. The smallest absolute Gasteiger partial charge is 0.405 e. The summed E-state index contributed by atoms with van der Waals surface area (Å²) in [5.74, 6) is 5.20. The van der Waals surface area contributed by atoms with Crippen molar-refractivity contribution in [3.05, 3.63) is 59.9 Å². The molecule has 1 atom stereocenters. The summed E-state index contributed by atoms with van der Waals surface area (Å²) in [4.78, 5) is 4.14. The van der Waals surface area contributed by atoms with E-state index in [-0.39, 0.29) is 5.75 Å². The molecule has 4 nitrogen and oxygen atoms in total. The van der Waals surface area contributed by atoms with Crippen LogP contribution in [0.15, 0.2) is 48.7 Å². The highest BCUT2D eigenvalue weighted by molar-refractivity contribution is 5.36. The molecule has 1 aromatic carbocycles. The van der Waals surface area contributed by atoms with E-state index >= 15 is 0 Å². The second-order valence-corrected chi connectivity index (χ2v) is 4.33. The SMILES string of the molecule is NNC(Cc1ccccn1)c1ccccc1OC(F)(F)F. The van der Waals surface area contributed by atoms with E-state index in [0.29, 0.717) is 17.7 Å². The van der Waals surface area contributed by atoms with Crippen LogP contribution in [0.2, 0.25) is 0 Å². The van der Waals surface area contributed by atoms with Gasteiger partial charge in [0, 0.05) is 23.9 Å². The lowest BCUT2D eigenvalue weighted by Gasteiger charge is -2.20. The highest BCUT2D eigenvalue weighted by Gasteiger charge is 2.32. The Kier molecular flexibility index (Phi) is 4.77. The third-order valence-corrected chi connectivity index (χ3v) is 2.86. The van der Waals surface area contributed by atoms with E-state index in [9.17, 15) is 13.2 Å². The first-order valence-electron chi connectivity index (χ1n) is 6.20. The summed E-state index contributed by atoms with van der Waals surface area (Å²) in [5, 5.41) is 0. The number of aromatic nitrogens is 1. The monoisotopic (exact) mass is 297 g/mol. The topological polar surface area (TPSA) is 60.2 Å². The molecule has 0 radical (unpaired) electrons. The number of rotatable bonds is 5. The first-order valence-corrected chi connectivity index (χ1v) is 6.20. The van der Waals surface area contributed by atoms with Gasteiger partial charge in [-0.05, 0) is 18.2 Å². The van der Waals surface area contributed by atoms with Gasteiger partial charge < -0.3 is 4.74 Å². The van der Waals surface area contributed by atoms with Crippen molar-refractivity contribution in [1.82, 2.24) is 10.4 Å². The van der Waals surface area contributed by atoms with E-state index in [1.165, 1.54) is 18.2 Å². The fourth-order valence-corrected chi connectivity index (χ4v) is 1.97. The quantitative estimate of drug-likeness (QED) is 0.658. The minimum Gasteiger partial charge on any atom is -0.405 e. The number of hydrogen-bond acceptors (Lipinski definition) is 4. The molecule has 0 saturated heterocycles. The van der Waals surface area contributed by atoms with Crippen LogP contribution in [-0.4, -0.2) is 11.3 Å². The van der Waals surface area contributed by atoms with Gasteiger partial charge in [-0.2, -0.15) is 0 Å². The predicted octanol–water partition coefficient (Wildman–Crippen LogP) is 2.73. The van der Waals surface area contributed by atoms with Crippen LogP contribution >= 0.6 is 0 Å². The number of hydrogen-bond donors (Lipinski definition) is 2. The number of para-hydroxylation sites is 1. The van der Waals surface area contributed by atoms with Crippen molar-refractivity contribution in [3.8, 4) is 5.75 Å². The Balaban J connectivity index is 2.26. The fraction of sp³-hybridized carbons (Fsp3) is 0.214. The third kappa shape index (κ3) is 4.44. The second-order valence-electron chi connectivity index (χ2n) is 4.33. The van der Waals surface area contributed by atoms with E-state index < -0.39 is 12.4 Å².